The molecule has 0 aliphatic carbocycles. The van der Waals surface area contributed by atoms with Crippen LogP contribution in [0.3, 0.4) is 0 Å². The van der Waals surface area contributed by atoms with E-state index in [1.54, 1.807) is 17.8 Å². The number of amides is 1. The first-order valence-electron chi connectivity index (χ1n) is 8.13. The normalized spacial score (nSPS) is 17.2. The standard InChI is InChI=1S/C16H25N3O3S/c1-4-12(5-2)19-11(3)10-13(18-19)14(20)17-16(15(21)22)6-8-23-9-7-16/h10,12H,4-9H2,1-3H3,(H,17,20)(H,21,22). The van der Waals surface area contributed by atoms with Crippen molar-refractivity contribution in [2.45, 2.75) is 58.0 Å². The highest BCUT2D eigenvalue weighted by atomic mass is 32.2. The van der Waals surface area contributed by atoms with Gasteiger partial charge in [0, 0.05) is 5.69 Å². The Balaban J connectivity index is 2.20. The van der Waals surface area contributed by atoms with Crippen molar-refractivity contribution in [3.8, 4) is 0 Å². The Hall–Kier alpha value is -1.50. The van der Waals surface area contributed by atoms with Gasteiger partial charge in [-0.2, -0.15) is 16.9 Å². The molecule has 128 valence electrons. The van der Waals surface area contributed by atoms with Gasteiger partial charge in [0.1, 0.15) is 11.2 Å². The molecule has 0 aromatic carbocycles. The van der Waals surface area contributed by atoms with E-state index in [9.17, 15) is 14.7 Å². The summed E-state index contributed by atoms with van der Waals surface area (Å²) in [5.74, 6) is 0.135. The summed E-state index contributed by atoms with van der Waals surface area (Å²) in [7, 11) is 0. The molecule has 1 amide bonds. The predicted octanol–water partition coefficient (Wildman–Crippen LogP) is 2.63. The molecular formula is C16H25N3O3S. The summed E-state index contributed by atoms with van der Waals surface area (Å²) in [6.07, 6.45) is 2.78. The van der Waals surface area contributed by atoms with Crippen LogP contribution in [0.15, 0.2) is 6.07 Å². The van der Waals surface area contributed by atoms with Crippen LogP contribution in [0.5, 0.6) is 0 Å². The van der Waals surface area contributed by atoms with Gasteiger partial charge in [-0.25, -0.2) is 4.79 Å². The van der Waals surface area contributed by atoms with Gasteiger partial charge in [-0.05, 0) is 50.2 Å². The molecule has 1 fully saturated rings. The average Bonchev–Trinajstić information content (AvgIpc) is 2.91. The number of nitrogens with one attached hydrogen (secondary N) is 1. The molecule has 2 rings (SSSR count). The summed E-state index contributed by atoms with van der Waals surface area (Å²) in [5, 5.41) is 16.7. The number of carboxylic acids is 1. The van der Waals surface area contributed by atoms with E-state index in [4.69, 9.17) is 0 Å². The Labute approximate surface area is 141 Å². The van der Waals surface area contributed by atoms with Crippen LogP contribution in [0.2, 0.25) is 0 Å². The molecule has 1 aliphatic heterocycles. The number of hydrogen-bond acceptors (Lipinski definition) is 4. The van der Waals surface area contributed by atoms with E-state index >= 15 is 0 Å². The predicted molar refractivity (Wildman–Crippen MR) is 91.0 cm³/mol. The summed E-state index contributed by atoms with van der Waals surface area (Å²) in [6, 6.07) is 2.00. The first-order valence-corrected chi connectivity index (χ1v) is 9.28. The second-order valence-corrected chi connectivity index (χ2v) is 7.26. The molecule has 1 saturated heterocycles. The van der Waals surface area contributed by atoms with E-state index in [1.807, 2.05) is 11.6 Å². The molecule has 7 heteroatoms. The summed E-state index contributed by atoms with van der Waals surface area (Å²) in [6.45, 7) is 6.11. The lowest BCUT2D eigenvalue weighted by Crippen LogP contribution is -2.56. The Kier molecular flexibility index (Phi) is 5.73. The largest absolute Gasteiger partial charge is 0.480 e. The van der Waals surface area contributed by atoms with Crippen molar-refractivity contribution in [1.82, 2.24) is 15.1 Å². The van der Waals surface area contributed by atoms with Crippen molar-refractivity contribution in [2.24, 2.45) is 0 Å². The highest BCUT2D eigenvalue weighted by molar-refractivity contribution is 7.99. The van der Waals surface area contributed by atoms with E-state index in [0.717, 1.165) is 30.0 Å². The fraction of sp³-hybridized carbons (Fsp3) is 0.688. The Morgan fingerprint density at radius 1 is 1.39 bits per heavy atom. The zero-order valence-corrected chi connectivity index (χ0v) is 14.8. The molecule has 23 heavy (non-hydrogen) atoms. The summed E-state index contributed by atoms with van der Waals surface area (Å²) < 4.78 is 1.87. The molecule has 6 nitrogen and oxygen atoms in total. The number of carbonyl (C=O) groups excluding carboxylic acids is 1. The van der Waals surface area contributed by atoms with Gasteiger partial charge in [-0.1, -0.05) is 13.8 Å². The van der Waals surface area contributed by atoms with E-state index < -0.39 is 17.4 Å². The molecule has 2 N–H and O–H groups in total. The van der Waals surface area contributed by atoms with E-state index in [-0.39, 0.29) is 6.04 Å². The Morgan fingerprint density at radius 3 is 2.52 bits per heavy atom. The van der Waals surface area contributed by atoms with Gasteiger partial charge in [0.25, 0.3) is 5.91 Å². The molecule has 2 heterocycles. The maximum absolute atomic E-state index is 12.5. The van der Waals surface area contributed by atoms with Crippen molar-refractivity contribution in [3.63, 3.8) is 0 Å². The number of carboxylic acid groups (broad SMARTS) is 1. The molecule has 1 aromatic heterocycles. The van der Waals surface area contributed by atoms with Crippen molar-refractivity contribution >= 4 is 23.6 Å². The third-order valence-electron chi connectivity index (χ3n) is 4.55. The Bertz CT molecular complexity index is 575. The van der Waals surface area contributed by atoms with E-state index in [0.29, 0.717) is 18.5 Å². The quantitative estimate of drug-likeness (QED) is 0.832. The van der Waals surface area contributed by atoms with Gasteiger partial charge in [0.15, 0.2) is 0 Å². The number of carbonyl (C=O) groups is 2. The molecule has 0 atom stereocenters. The molecular weight excluding hydrogens is 314 g/mol. The van der Waals surface area contributed by atoms with Crippen LogP contribution in [0.1, 0.15) is 61.8 Å². The molecule has 0 unspecified atom stereocenters. The minimum atomic E-state index is -1.16. The van der Waals surface area contributed by atoms with Crippen LogP contribution in [-0.2, 0) is 4.79 Å². The zero-order chi connectivity index (χ0) is 17.0. The van der Waals surface area contributed by atoms with Crippen molar-refractivity contribution in [1.29, 1.82) is 0 Å². The lowest BCUT2D eigenvalue weighted by atomic mass is 9.92. The van der Waals surface area contributed by atoms with Gasteiger partial charge < -0.3 is 10.4 Å². The van der Waals surface area contributed by atoms with E-state index in [2.05, 4.69) is 24.3 Å². The topological polar surface area (TPSA) is 84.2 Å². The highest BCUT2D eigenvalue weighted by Crippen LogP contribution is 2.28. The molecule has 0 bridgehead atoms. The average molecular weight is 339 g/mol. The number of aromatic nitrogens is 2. The number of thioether (sulfide) groups is 1. The van der Waals surface area contributed by atoms with Gasteiger partial charge in [-0.3, -0.25) is 9.48 Å². The molecule has 0 spiro atoms. The van der Waals surface area contributed by atoms with Crippen LogP contribution >= 0.6 is 11.8 Å². The molecule has 1 aromatic rings. The summed E-state index contributed by atoms with van der Waals surface area (Å²) >= 11 is 1.72. The van der Waals surface area contributed by atoms with Crippen molar-refractivity contribution in [2.75, 3.05) is 11.5 Å². The van der Waals surface area contributed by atoms with Crippen molar-refractivity contribution in [3.05, 3.63) is 17.5 Å². The lowest BCUT2D eigenvalue weighted by Gasteiger charge is -2.33. The van der Waals surface area contributed by atoms with Crippen LogP contribution in [-0.4, -0.2) is 43.8 Å². The monoisotopic (exact) mass is 339 g/mol. The Morgan fingerprint density at radius 2 is 2.00 bits per heavy atom. The van der Waals surface area contributed by atoms with Gasteiger partial charge in [-0.15, -0.1) is 0 Å². The SMILES string of the molecule is CCC(CC)n1nc(C(=O)NC2(C(=O)O)CCSCC2)cc1C. The second-order valence-electron chi connectivity index (χ2n) is 6.04. The van der Waals surface area contributed by atoms with E-state index in [1.165, 1.54) is 0 Å². The van der Waals surface area contributed by atoms with Crippen LogP contribution < -0.4 is 5.32 Å². The molecule has 1 aliphatic rings. The van der Waals surface area contributed by atoms with Crippen LogP contribution in [0.4, 0.5) is 0 Å². The van der Waals surface area contributed by atoms with Crippen molar-refractivity contribution < 1.29 is 14.7 Å². The number of aliphatic carboxylic acids is 1. The van der Waals surface area contributed by atoms with Crippen LogP contribution in [0, 0.1) is 6.92 Å². The minimum absolute atomic E-state index is 0.260. The third kappa shape index (κ3) is 3.71. The van der Waals surface area contributed by atoms with Crippen LogP contribution in [0.25, 0.3) is 0 Å². The lowest BCUT2D eigenvalue weighted by molar-refractivity contribution is -0.144. The number of aryl methyl sites for hydroxylation is 1. The fourth-order valence-corrected chi connectivity index (χ4v) is 4.19. The smallest absolute Gasteiger partial charge is 0.329 e. The van der Waals surface area contributed by atoms with Gasteiger partial charge in [0.2, 0.25) is 0 Å². The molecule has 0 radical (unpaired) electrons. The second kappa shape index (κ2) is 7.38. The maximum atomic E-state index is 12.5. The first-order chi connectivity index (χ1) is 10.9. The van der Waals surface area contributed by atoms with Gasteiger partial charge in [0.05, 0.1) is 6.04 Å². The fourth-order valence-electron chi connectivity index (χ4n) is 3.00. The third-order valence-corrected chi connectivity index (χ3v) is 5.54. The van der Waals surface area contributed by atoms with Gasteiger partial charge >= 0.3 is 5.97 Å². The highest BCUT2D eigenvalue weighted by Gasteiger charge is 2.41. The first kappa shape index (κ1) is 17.8. The number of nitrogens with zero attached hydrogens (tertiary/aromatic N) is 2. The minimum Gasteiger partial charge on any atom is -0.480 e. The zero-order valence-electron chi connectivity index (χ0n) is 14.0. The maximum Gasteiger partial charge on any atom is 0.329 e. The number of rotatable bonds is 6. The summed E-state index contributed by atoms with van der Waals surface area (Å²) in [5.41, 5.74) is 0.0650. The number of hydrogen-bond donors (Lipinski definition) is 2. The molecule has 0 saturated carbocycles. The summed E-state index contributed by atoms with van der Waals surface area (Å²) in [4.78, 5) is 24.2.